The number of thioether (sulfide) groups is 1. The molecule has 1 aliphatic heterocycles. The average Bonchev–Trinajstić information content (AvgIpc) is 3.30. The van der Waals surface area contributed by atoms with Crippen molar-refractivity contribution < 1.29 is 19.4 Å². The van der Waals surface area contributed by atoms with Crippen LogP contribution in [0.25, 0.3) is 0 Å². The Morgan fingerprint density at radius 3 is 2.86 bits per heavy atom. The summed E-state index contributed by atoms with van der Waals surface area (Å²) in [5.74, 6) is 0.528. The van der Waals surface area contributed by atoms with Gasteiger partial charge in [0.25, 0.3) is 0 Å². The summed E-state index contributed by atoms with van der Waals surface area (Å²) in [6.07, 6.45) is 1.23. The third-order valence-electron chi connectivity index (χ3n) is 4.63. The number of aromatic nitrogens is 1. The summed E-state index contributed by atoms with van der Waals surface area (Å²) in [5.41, 5.74) is 7.51. The summed E-state index contributed by atoms with van der Waals surface area (Å²) in [6, 6.07) is 7.40. The van der Waals surface area contributed by atoms with E-state index in [1.165, 1.54) is 28.5 Å². The monoisotopic (exact) mass is 421 g/mol. The number of rotatable bonds is 9. The molecule has 9 heteroatoms. The largest absolute Gasteiger partial charge is 0.494 e. The molecule has 1 aromatic carbocycles. The van der Waals surface area contributed by atoms with Crippen molar-refractivity contribution in [2.45, 2.75) is 36.2 Å². The summed E-state index contributed by atoms with van der Waals surface area (Å²) in [7, 11) is 0. The van der Waals surface area contributed by atoms with Crippen molar-refractivity contribution in [3.05, 3.63) is 40.9 Å². The van der Waals surface area contributed by atoms with Gasteiger partial charge in [-0.2, -0.15) is 0 Å². The van der Waals surface area contributed by atoms with E-state index in [1.807, 2.05) is 36.1 Å². The molecule has 3 rings (SSSR count). The fourth-order valence-electron chi connectivity index (χ4n) is 3.25. The van der Waals surface area contributed by atoms with Gasteiger partial charge in [-0.05, 0) is 31.0 Å². The number of likely N-dealkylation sites (tertiary alicyclic amines) is 1. The van der Waals surface area contributed by atoms with Crippen molar-refractivity contribution in [1.29, 1.82) is 0 Å². The zero-order valence-electron chi connectivity index (χ0n) is 15.5. The number of aromatic carboxylic acids is 1. The maximum atomic E-state index is 12.3. The molecule has 7 nitrogen and oxygen atoms in total. The molecule has 1 unspecified atom stereocenters. The van der Waals surface area contributed by atoms with Crippen LogP contribution in [0.4, 0.5) is 0 Å². The standard InChI is InChI=1S/C19H23N3O4S2/c1-2-26-13-5-3-12(4-6-13)17(20)15-7-8-16(23)22(15)9-10-27-19-21-14(11-28-19)18(24)25/h3-6,11,15,17H,2,7-10,20H2,1H3,(H,24,25)/t15-,17?/m1/s1. The van der Waals surface area contributed by atoms with Crippen LogP contribution in [0.5, 0.6) is 5.75 Å². The number of nitrogens with zero attached hydrogens (tertiary/aromatic N) is 2. The van der Waals surface area contributed by atoms with Crippen LogP contribution in [0.3, 0.4) is 0 Å². The molecule has 1 fully saturated rings. The van der Waals surface area contributed by atoms with E-state index >= 15 is 0 Å². The fraction of sp³-hybridized carbons (Fsp3) is 0.421. The SMILES string of the molecule is CCOc1ccc(C(N)[C@H]2CCC(=O)N2CCSc2nc(C(=O)O)cs2)cc1. The molecule has 0 radical (unpaired) electrons. The first kappa shape index (κ1) is 20.6. The number of hydrogen-bond donors (Lipinski definition) is 2. The molecule has 2 heterocycles. The van der Waals surface area contributed by atoms with Crippen LogP contribution >= 0.6 is 23.1 Å². The van der Waals surface area contributed by atoms with E-state index in [4.69, 9.17) is 15.6 Å². The van der Waals surface area contributed by atoms with Crippen molar-refractivity contribution in [3.8, 4) is 5.75 Å². The molecule has 0 spiro atoms. The second kappa shape index (κ2) is 9.40. The zero-order valence-corrected chi connectivity index (χ0v) is 17.2. The van der Waals surface area contributed by atoms with E-state index in [0.717, 1.165) is 17.7 Å². The summed E-state index contributed by atoms with van der Waals surface area (Å²) < 4.78 is 6.16. The highest BCUT2D eigenvalue weighted by Gasteiger charge is 2.35. The Labute approximate surface area is 171 Å². The summed E-state index contributed by atoms with van der Waals surface area (Å²) in [4.78, 5) is 29.2. The minimum Gasteiger partial charge on any atom is -0.494 e. The lowest BCUT2D eigenvalue weighted by atomic mass is 9.98. The van der Waals surface area contributed by atoms with Gasteiger partial charge in [-0.25, -0.2) is 9.78 Å². The van der Waals surface area contributed by atoms with Crippen molar-refractivity contribution in [2.75, 3.05) is 18.9 Å². The minimum atomic E-state index is -1.03. The van der Waals surface area contributed by atoms with Gasteiger partial charge in [-0.1, -0.05) is 23.9 Å². The number of carboxylic acid groups (broad SMARTS) is 1. The van der Waals surface area contributed by atoms with Crippen LogP contribution < -0.4 is 10.5 Å². The van der Waals surface area contributed by atoms with Gasteiger partial charge in [0.2, 0.25) is 5.91 Å². The van der Waals surface area contributed by atoms with E-state index in [0.29, 0.717) is 29.7 Å². The van der Waals surface area contributed by atoms with Crippen LogP contribution in [-0.4, -0.2) is 51.8 Å². The molecule has 0 aliphatic carbocycles. The molecule has 1 amide bonds. The highest BCUT2D eigenvalue weighted by molar-refractivity contribution is 8.01. The number of ether oxygens (including phenoxy) is 1. The third kappa shape index (κ3) is 4.84. The molecule has 1 aromatic heterocycles. The first-order valence-electron chi connectivity index (χ1n) is 9.09. The molecule has 1 saturated heterocycles. The molecule has 0 bridgehead atoms. The Morgan fingerprint density at radius 2 is 2.21 bits per heavy atom. The van der Waals surface area contributed by atoms with Crippen LogP contribution in [0.1, 0.15) is 41.9 Å². The summed E-state index contributed by atoms with van der Waals surface area (Å²) in [5, 5.41) is 10.5. The van der Waals surface area contributed by atoms with Gasteiger partial charge in [-0.15, -0.1) is 11.3 Å². The maximum absolute atomic E-state index is 12.3. The van der Waals surface area contributed by atoms with Crippen LogP contribution in [0, 0.1) is 0 Å². The Bertz CT molecular complexity index is 825. The topological polar surface area (TPSA) is 106 Å². The van der Waals surface area contributed by atoms with Gasteiger partial charge in [0.05, 0.1) is 18.7 Å². The first-order valence-corrected chi connectivity index (χ1v) is 11.0. The number of carbonyl (C=O) groups is 2. The first-order chi connectivity index (χ1) is 13.5. The molecule has 3 N–H and O–H groups in total. The van der Waals surface area contributed by atoms with Gasteiger partial charge in [0, 0.05) is 24.1 Å². The van der Waals surface area contributed by atoms with Crippen molar-refractivity contribution in [1.82, 2.24) is 9.88 Å². The Morgan fingerprint density at radius 1 is 1.46 bits per heavy atom. The van der Waals surface area contributed by atoms with Crippen molar-refractivity contribution in [3.63, 3.8) is 0 Å². The van der Waals surface area contributed by atoms with Crippen molar-refractivity contribution in [2.24, 2.45) is 5.73 Å². The Balaban J connectivity index is 1.59. The molecule has 2 aromatic rings. The number of amides is 1. The lowest BCUT2D eigenvalue weighted by Crippen LogP contribution is -2.41. The smallest absolute Gasteiger partial charge is 0.355 e. The second-order valence-electron chi connectivity index (χ2n) is 6.37. The Kier molecular flexibility index (Phi) is 6.93. The minimum absolute atomic E-state index is 0.0445. The van der Waals surface area contributed by atoms with E-state index in [9.17, 15) is 9.59 Å². The van der Waals surface area contributed by atoms with Gasteiger partial charge < -0.3 is 20.5 Å². The predicted molar refractivity (Wildman–Crippen MR) is 109 cm³/mol. The molecule has 1 aliphatic rings. The van der Waals surface area contributed by atoms with Gasteiger partial charge in [0.15, 0.2) is 10.0 Å². The Hall–Kier alpha value is -2.10. The highest BCUT2D eigenvalue weighted by atomic mass is 32.2. The van der Waals surface area contributed by atoms with Crippen molar-refractivity contribution >= 4 is 35.0 Å². The van der Waals surface area contributed by atoms with Crippen LogP contribution in [0.2, 0.25) is 0 Å². The van der Waals surface area contributed by atoms with E-state index in [2.05, 4.69) is 4.98 Å². The molecule has 150 valence electrons. The predicted octanol–water partition coefficient (Wildman–Crippen LogP) is 3.02. The van der Waals surface area contributed by atoms with Crippen LogP contribution in [0.15, 0.2) is 34.0 Å². The fourth-order valence-corrected chi connectivity index (χ4v) is 5.06. The average molecular weight is 422 g/mol. The quantitative estimate of drug-likeness (QED) is 0.600. The lowest BCUT2D eigenvalue weighted by molar-refractivity contribution is -0.128. The number of carbonyl (C=O) groups excluding carboxylic acids is 1. The van der Waals surface area contributed by atoms with E-state index in [-0.39, 0.29) is 23.7 Å². The van der Waals surface area contributed by atoms with Crippen LogP contribution in [-0.2, 0) is 4.79 Å². The summed E-state index contributed by atoms with van der Waals surface area (Å²) in [6.45, 7) is 3.11. The third-order valence-corrected chi connectivity index (χ3v) is 6.63. The summed E-state index contributed by atoms with van der Waals surface area (Å²) >= 11 is 2.76. The number of benzene rings is 1. The van der Waals surface area contributed by atoms with E-state index < -0.39 is 5.97 Å². The number of thiazole rings is 1. The van der Waals surface area contributed by atoms with Gasteiger partial charge in [0.1, 0.15) is 5.75 Å². The molecule has 0 saturated carbocycles. The second-order valence-corrected chi connectivity index (χ2v) is 8.57. The number of carboxylic acids is 1. The number of hydrogen-bond acceptors (Lipinski definition) is 7. The highest BCUT2D eigenvalue weighted by Crippen LogP contribution is 2.30. The molecular formula is C19H23N3O4S2. The molecule has 2 atom stereocenters. The zero-order chi connectivity index (χ0) is 20.1. The normalized spacial score (nSPS) is 17.7. The lowest BCUT2D eigenvalue weighted by Gasteiger charge is -2.29. The van der Waals surface area contributed by atoms with E-state index in [1.54, 1.807) is 0 Å². The molecule has 28 heavy (non-hydrogen) atoms. The molecular weight excluding hydrogens is 398 g/mol. The van der Waals surface area contributed by atoms with Gasteiger partial charge >= 0.3 is 5.97 Å². The number of nitrogens with two attached hydrogens (primary N) is 1. The maximum Gasteiger partial charge on any atom is 0.355 e. The van der Waals surface area contributed by atoms with Gasteiger partial charge in [-0.3, -0.25) is 4.79 Å².